The van der Waals surface area contributed by atoms with Gasteiger partial charge in [-0.2, -0.15) is 0 Å². The van der Waals surface area contributed by atoms with E-state index in [1.54, 1.807) is 0 Å². The van der Waals surface area contributed by atoms with Crippen molar-refractivity contribution in [2.75, 3.05) is 13.2 Å². The number of hydrogen-bond donors (Lipinski definition) is 0. The first-order valence-corrected chi connectivity index (χ1v) is 9.91. The van der Waals surface area contributed by atoms with E-state index in [2.05, 4.69) is 43.0 Å². The van der Waals surface area contributed by atoms with Crippen molar-refractivity contribution in [3.63, 3.8) is 0 Å². The molecule has 0 bridgehead atoms. The molecule has 3 aliphatic rings. The van der Waals surface area contributed by atoms with E-state index in [-0.39, 0.29) is 5.60 Å². The van der Waals surface area contributed by atoms with Gasteiger partial charge < -0.3 is 4.74 Å². The topological polar surface area (TPSA) is 12.5 Å². The van der Waals surface area contributed by atoms with Crippen LogP contribution in [0.15, 0.2) is 35.9 Å². The summed E-state index contributed by atoms with van der Waals surface area (Å²) < 4.78 is 6.54. The van der Waals surface area contributed by atoms with Gasteiger partial charge in [-0.3, -0.25) is 4.90 Å². The van der Waals surface area contributed by atoms with Gasteiger partial charge in [-0.05, 0) is 68.8 Å². The molecule has 1 aromatic rings. The van der Waals surface area contributed by atoms with Crippen molar-refractivity contribution in [3.8, 4) is 0 Å². The lowest BCUT2D eigenvalue weighted by Gasteiger charge is -2.56. The maximum absolute atomic E-state index is 6.54. The van der Waals surface area contributed by atoms with E-state index in [1.807, 2.05) is 6.07 Å². The second kappa shape index (κ2) is 6.48. The van der Waals surface area contributed by atoms with Crippen LogP contribution < -0.4 is 0 Å². The summed E-state index contributed by atoms with van der Waals surface area (Å²) in [4.78, 5) is 2.71. The Morgan fingerprint density at radius 2 is 2.25 bits per heavy atom. The van der Waals surface area contributed by atoms with E-state index in [4.69, 9.17) is 16.3 Å². The van der Waals surface area contributed by atoms with Gasteiger partial charge in [-0.15, -0.1) is 0 Å². The molecule has 2 nitrogen and oxygen atoms in total. The van der Waals surface area contributed by atoms with Crippen molar-refractivity contribution in [2.45, 2.75) is 63.6 Å². The third kappa shape index (κ3) is 2.46. The number of ether oxygens (including phenoxy) is 1. The van der Waals surface area contributed by atoms with Gasteiger partial charge in [0.1, 0.15) is 0 Å². The van der Waals surface area contributed by atoms with Crippen molar-refractivity contribution in [1.29, 1.82) is 0 Å². The fourth-order valence-electron chi connectivity index (χ4n) is 5.51. The molecule has 2 fully saturated rings. The highest BCUT2D eigenvalue weighted by Crippen LogP contribution is 2.57. The summed E-state index contributed by atoms with van der Waals surface area (Å²) >= 11 is 6.34. The molecular formula is C21H28ClNO. The first kappa shape index (κ1) is 16.6. The number of hydrogen-bond acceptors (Lipinski definition) is 2. The zero-order valence-electron chi connectivity index (χ0n) is 14.8. The van der Waals surface area contributed by atoms with E-state index in [0.717, 1.165) is 24.6 Å². The molecule has 1 saturated carbocycles. The molecule has 0 aromatic heterocycles. The average molecular weight is 346 g/mol. The van der Waals surface area contributed by atoms with Gasteiger partial charge in [0.15, 0.2) is 0 Å². The van der Waals surface area contributed by atoms with Crippen molar-refractivity contribution < 1.29 is 4.74 Å². The maximum atomic E-state index is 6.54. The zero-order valence-corrected chi connectivity index (χ0v) is 15.6. The minimum Gasteiger partial charge on any atom is -0.370 e. The number of piperidine rings is 1. The van der Waals surface area contributed by atoms with Crippen molar-refractivity contribution in [2.24, 2.45) is 5.92 Å². The lowest BCUT2D eigenvalue weighted by Crippen LogP contribution is -2.59. The molecule has 0 amide bonds. The normalized spacial score (nSPS) is 36.1. The van der Waals surface area contributed by atoms with E-state index < -0.39 is 0 Å². The first-order valence-electron chi connectivity index (χ1n) is 9.53. The Bertz CT molecular complexity index is 642. The van der Waals surface area contributed by atoms with Crippen LogP contribution in [0.5, 0.6) is 0 Å². The Hall–Kier alpha value is -0.830. The van der Waals surface area contributed by atoms with Crippen LogP contribution in [0.1, 0.15) is 57.6 Å². The molecule has 2 aliphatic heterocycles. The van der Waals surface area contributed by atoms with Crippen LogP contribution in [0.25, 0.3) is 0 Å². The third-order valence-corrected chi connectivity index (χ3v) is 6.61. The molecular weight excluding hydrogens is 318 g/mol. The highest BCUT2D eigenvalue weighted by molar-refractivity contribution is 6.30. The van der Waals surface area contributed by atoms with Crippen molar-refractivity contribution in [3.05, 3.63) is 46.5 Å². The molecule has 1 saturated heterocycles. The summed E-state index contributed by atoms with van der Waals surface area (Å²) in [5.41, 5.74) is 2.82. The average Bonchev–Trinajstić information content (AvgIpc) is 3.00. The highest BCUT2D eigenvalue weighted by Gasteiger charge is 2.57. The smallest absolute Gasteiger partial charge is 0.0952 e. The monoisotopic (exact) mass is 345 g/mol. The molecule has 24 heavy (non-hydrogen) atoms. The Morgan fingerprint density at radius 3 is 3.04 bits per heavy atom. The van der Waals surface area contributed by atoms with Gasteiger partial charge in [0, 0.05) is 17.0 Å². The molecule has 2 heterocycles. The van der Waals surface area contributed by atoms with Gasteiger partial charge in [0.25, 0.3) is 0 Å². The quantitative estimate of drug-likeness (QED) is 0.682. The van der Waals surface area contributed by atoms with E-state index in [1.165, 1.54) is 36.8 Å². The van der Waals surface area contributed by atoms with Gasteiger partial charge >= 0.3 is 0 Å². The van der Waals surface area contributed by atoms with E-state index >= 15 is 0 Å². The predicted octanol–water partition coefficient (Wildman–Crippen LogP) is 5.38. The summed E-state index contributed by atoms with van der Waals surface area (Å²) in [6.45, 7) is 6.70. The Kier molecular flexibility index (Phi) is 4.49. The third-order valence-electron chi connectivity index (χ3n) is 6.37. The number of nitrogens with zero attached hydrogens (tertiary/aromatic N) is 1. The second-order valence-electron chi connectivity index (χ2n) is 7.62. The van der Waals surface area contributed by atoms with Crippen LogP contribution in [0.2, 0.25) is 5.02 Å². The van der Waals surface area contributed by atoms with Crippen LogP contribution in [0.4, 0.5) is 0 Å². The number of halogens is 1. The molecule has 4 rings (SSSR count). The van der Waals surface area contributed by atoms with Crippen LogP contribution in [0, 0.1) is 5.92 Å². The van der Waals surface area contributed by atoms with E-state index in [0.29, 0.717) is 18.0 Å². The minimum absolute atomic E-state index is 0.0190. The standard InChI is InChI=1S/C21H28ClNO/c1-3-12-23-15(2)18-9-5-11-21(18)19(10-6-13-24-21)20(23)16-7-4-8-17(22)14-16/h4,7-8,10,14-15,18,20H,3,5-6,9,11-13H2,1-2H3/t15-,18-,20-,21+/m0/s1. The first-order chi connectivity index (χ1) is 11.7. The van der Waals surface area contributed by atoms with Crippen molar-refractivity contribution >= 4 is 11.6 Å². The van der Waals surface area contributed by atoms with Crippen molar-refractivity contribution in [1.82, 2.24) is 4.90 Å². The van der Waals surface area contributed by atoms with Gasteiger partial charge in [0.05, 0.1) is 18.2 Å². The van der Waals surface area contributed by atoms with Crippen LogP contribution in [0.3, 0.4) is 0 Å². The molecule has 1 spiro atoms. The van der Waals surface area contributed by atoms with Crippen LogP contribution in [-0.2, 0) is 4.74 Å². The lowest BCUT2D eigenvalue weighted by atomic mass is 9.69. The zero-order chi connectivity index (χ0) is 16.7. The Labute approximate surface area is 150 Å². The molecule has 4 atom stereocenters. The fourth-order valence-corrected chi connectivity index (χ4v) is 5.71. The maximum Gasteiger partial charge on any atom is 0.0952 e. The summed E-state index contributed by atoms with van der Waals surface area (Å²) in [6, 6.07) is 9.32. The molecule has 0 unspecified atom stereocenters. The SMILES string of the molecule is CCCN1[C@@H](c2cccc(Cl)c2)C2=CCCO[C@@]23CCC[C@H]3[C@@H]1C. The molecule has 130 valence electrons. The molecule has 0 radical (unpaired) electrons. The van der Waals surface area contributed by atoms with Gasteiger partial charge in [-0.1, -0.05) is 36.7 Å². The number of rotatable bonds is 3. The molecule has 1 aromatic carbocycles. The Morgan fingerprint density at radius 1 is 1.38 bits per heavy atom. The molecule has 3 heteroatoms. The van der Waals surface area contributed by atoms with Gasteiger partial charge in [0.2, 0.25) is 0 Å². The minimum atomic E-state index is -0.0190. The number of likely N-dealkylation sites (tertiary alicyclic amines) is 1. The lowest BCUT2D eigenvalue weighted by molar-refractivity contribution is -0.110. The number of benzene rings is 1. The molecule has 0 N–H and O–H groups in total. The second-order valence-corrected chi connectivity index (χ2v) is 8.06. The summed E-state index contributed by atoms with van der Waals surface area (Å²) in [5.74, 6) is 0.631. The molecule has 1 aliphatic carbocycles. The summed E-state index contributed by atoms with van der Waals surface area (Å²) in [6.07, 6.45) is 8.47. The predicted molar refractivity (Wildman–Crippen MR) is 99.4 cm³/mol. The van der Waals surface area contributed by atoms with E-state index in [9.17, 15) is 0 Å². The van der Waals surface area contributed by atoms with Crippen LogP contribution in [-0.4, -0.2) is 29.7 Å². The highest BCUT2D eigenvalue weighted by atomic mass is 35.5. The van der Waals surface area contributed by atoms with Gasteiger partial charge in [-0.25, -0.2) is 0 Å². The largest absolute Gasteiger partial charge is 0.370 e. The fraction of sp³-hybridized carbons (Fsp3) is 0.619. The van der Waals surface area contributed by atoms with Crippen LogP contribution >= 0.6 is 11.6 Å². The Balaban J connectivity index is 1.85. The summed E-state index contributed by atoms with van der Waals surface area (Å²) in [5, 5.41) is 0.830. The summed E-state index contributed by atoms with van der Waals surface area (Å²) in [7, 11) is 0.